The van der Waals surface area contributed by atoms with Crippen LogP contribution in [0.25, 0.3) is 0 Å². The van der Waals surface area contributed by atoms with Crippen LogP contribution in [0.5, 0.6) is 0 Å². The summed E-state index contributed by atoms with van der Waals surface area (Å²) < 4.78 is 12.8. The monoisotopic (exact) mass is 242 g/mol. The maximum Gasteiger partial charge on any atom is 0.253 e. The molecule has 1 unspecified atom stereocenters. The fourth-order valence-corrected chi connectivity index (χ4v) is 1.16. The van der Waals surface area contributed by atoms with Gasteiger partial charge in [-0.05, 0) is 25.1 Å². The lowest BCUT2D eigenvalue weighted by atomic mass is 10.1. The van der Waals surface area contributed by atoms with Crippen LogP contribution in [0.3, 0.4) is 0 Å². The van der Waals surface area contributed by atoms with Crippen molar-refractivity contribution in [3.8, 4) is 0 Å². The van der Waals surface area contributed by atoms with Gasteiger partial charge in [-0.15, -0.1) is 0 Å². The molecule has 0 aromatic heterocycles. The van der Waals surface area contributed by atoms with Crippen LogP contribution in [0.4, 0.5) is 10.1 Å². The Balaban J connectivity index is 2.71. The highest BCUT2D eigenvalue weighted by atomic mass is 19.1. The van der Waals surface area contributed by atoms with Crippen LogP contribution in [0.1, 0.15) is 17.3 Å². The number of halogens is 1. The summed E-state index contributed by atoms with van der Waals surface area (Å²) in [7, 11) is 0. The molecule has 6 heteroatoms. The van der Waals surface area contributed by atoms with Crippen LogP contribution in [0.2, 0.25) is 0 Å². The van der Waals surface area contributed by atoms with E-state index in [9.17, 15) is 14.3 Å². The first-order valence-electron chi connectivity index (χ1n) is 5.02. The molecule has 1 aromatic carbocycles. The Morgan fingerprint density at radius 1 is 1.59 bits per heavy atom. The number of nitrogens with one attached hydrogen (secondary N) is 1. The van der Waals surface area contributed by atoms with Gasteiger partial charge in [-0.25, -0.2) is 4.39 Å². The summed E-state index contributed by atoms with van der Waals surface area (Å²) in [6.07, 6.45) is 0. The van der Waals surface area contributed by atoms with E-state index >= 15 is 0 Å². The zero-order chi connectivity index (χ0) is 13.1. The van der Waals surface area contributed by atoms with Gasteiger partial charge in [0.25, 0.3) is 5.91 Å². The third-order valence-electron chi connectivity index (χ3n) is 2.23. The number of aliphatic hydroxyl groups excluding tert-OH is 1. The minimum Gasteiger partial charge on any atom is -0.398 e. The van der Waals surface area contributed by atoms with Gasteiger partial charge in [-0.3, -0.25) is 4.79 Å². The van der Waals surface area contributed by atoms with E-state index in [1.54, 1.807) is 0 Å². The number of hydrogen-bond acceptors (Lipinski definition) is 4. The van der Waals surface area contributed by atoms with Gasteiger partial charge in [0.05, 0.1) is 12.2 Å². The molecule has 1 amide bonds. The summed E-state index contributed by atoms with van der Waals surface area (Å²) >= 11 is 0. The Bertz CT molecular complexity index is 421. The molecule has 0 heterocycles. The quantitative estimate of drug-likeness (QED) is 0.553. The van der Waals surface area contributed by atoms with Crippen LogP contribution < -0.4 is 11.1 Å². The van der Waals surface area contributed by atoms with Crippen molar-refractivity contribution in [3.63, 3.8) is 0 Å². The lowest BCUT2D eigenvalue weighted by molar-refractivity contribution is 0.00320. The summed E-state index contributed by atoms with van der Waals surface area (Å²) in [6, 6.07) is 3.42. The molecule has 17 heavy (non-hydrogen) atoms. The van der Waals surface area contributed by atoms with Gasteiger partial charge in [0.15, 0.2) is 0 Å². The second-order valence-electron chi connectivity index (χ2n) is 4.07. The first kappa shape index (κ1) is 13.4. The van der Waals surface area contributed by atoms with E-state index in [-0.39, 0.29) is 17.8 Å². The number of carbonyl (C=O) groups excluding carboxylic acids is 1. The van der Waals surface area contributed by atoms with E-state index in [1.165, 1.54) is 13.0 Å². The second kappa shape index (κ2) is 5.11. The van der Waals surface area contributed by atoms with Gasteiger partial charge < -0.3 is 21.3 Å². The molecule has 0 radical (unpaired) electrons. The molecule has 0 aliphatic rings. The highest BCUT2D eigenvalue weighted by Gasteiger charge is 2.20. The Hall–Kier alpha value is -1.66. The van der Waals surface area contributed by atoms with Crippen molar-refractivity contribution in [3.05, 3.63) is 29.6 Å². The molecule has 1 rings (SSSR count). The summed E-state index contributed by atoms with van der Waals surface area (Å²) in [5.74, 6) is -1.06. The van der Waals surface area contributed by atoms with Crippen molar-refractivity contribution in [1.82, 2.24) is 5.32 Å². The van der Waals surface area contributed by atoms with Crippen molar-refractivity contribution < 1.29 is 19.4 Å². The molecule has 1 aromatic rings. The average Bonchev–Trinajstić information content (AvgIpc) is 2.26. The SMILES string of the molecule is CC(O)(CO)CNC(=O)c1ccc(F)cc1N. The normalized spacial score (nSPS) is 14.1. The molecule has 0 aliphatic carbocycles. The van der Waals surface area contributed by atoms with Gasteiger partial charge in [-0.1, -0.05) is 0 Å². The number of rotatable bonds is 4. The standard InChI is InChI=1S/C11H15FN2O3/c1-11(17,6-15)5-14-10(16)8-3-2-7(12)4-9(8)13/h2-4,15,17H,5-6,13H2,1H3,(H,14,16). The molecule has 0 bridgehead atoms. The molecule has 0 saturated carbocycles. The molecular formula is C11H15FN2O3. The van der Waals surface area contributed by atoms with Crippen LogP contribution in [-0.2, 0) is 0 Å². The van der Waals surface area contributed by atoms with Crippen molar-refractivity contribution in [2.45, 2.75) is 12.5 Å². The largest absolute Gasteiger partial charge is 0.398 e. The molecule has 5 nitrogen and oxygen atoms in total. The molecule has 0 aliphatic heterocycles. The van der Waals surface area contributed by atoms with E-state index in [2.05, 4.69) is 5.32 Å². The topological polar surface area (TPSA) is 95.6 Å². The fraction of sp³-hybridized carbons (Fsp3) is 0.364. The maximum absolute atomic E-state index is 12.8. The molecule has 0 spiro atoms. The minimum absolute atomic E-state index is 0.0196. The van der Waals surface area contributed by atoms with E-state index in [0.29, 0.717) is 0 Å². The number of amides is 1. The summed E-state index contributed by atoms with van der Waals surface area (Å²) in [5.41, 5.74) is 4.23. The number of benzene rings is 1. The number of carbonyl (C=O) groups is 1. The molecule has 1 atom stereocenters. The Morgan fingerprint density at radius 2 is 2.24 bits per heavy atom. The van der Waals surface area contributed by atoms with E-state index in [0.717, 1.165) is 12.1 Å². The lowest BCUT2D eigenvalue weighted by Gasteiger charge is -2.20. The molecule has 5 N–H and O–H groups in total. The zero-order valence-electron chi connectivity index (χ0n) is 9.40. The first-order valence-corrected chi connectivity index (χ1v) is 5.02. The molecule has 0 fully saturated rings. The Kier molecular flexibility index (Phi) is 4.03. The number of aliphatic hydroxyl groups is 2. The number of hydrogen-bond donors (Lipinski definition) is 4. The fourth-order valence-electron chi connectivity index (χ4n) is 1.16. The number of nitrogen functional groups attached to an aromatic ring is 1. The van der Waals surface area contributed by atoms with Crippen molar-refractivity contribution in [2.75, 3.05) is 18.9 Å². The zero-order valence-corrected chi connectivity index (χ0v) is 9.40. The number of nitrogens with two attached hydrogens (primary N) is 1. The maximum atomic E-state index is 12.8. The Labute approximate surface area is 98.1 Å². The molecular weight excluding hydrogens is 227 g/mol. The van der Waals surface area contributed by atoms with Crippen molar-refractivity contribution >= 4 is 11.6 Å². The van der Waals surface area contributed by atoms with Crippen LogP contribution >= 0.6 is 0 Å². The van der Waals surface area contributed by atoms with Crippen LogP contribution in [0, 0.1) is 5.82 Å². The summed E-state index contributed by atoms with van der Waals surface area (Å²) in [4.78, 5) is 11.6. The van der Waals surface area contributed by atoms with Gasteiger partial charge in [-0.2, -0.15) is 0 Å². The van der Waals surface area contributed by atoms with Crippen LogP contribution in [0.15, 0.2) is 18.2 Å². The number of anilines is 1. The van der Waals surface area contributed by atoms with Crippen LogP contribution in [-0.4, -0.2) is 34.9 Å². The first-order chi connectivity index (χ1) is 7.85. The lowest BCUT2D eigenvalue weighted by Crippen LogP contribution is -2.43. The van der Waals surface area contributed by atoms with Gasteiger partial charge in [0.1, 0.15) is 11.4 Å². The summed E-state index contributed by atoms with van der Waals surface area (Å²) in [6.45, 7) is 0.770. The average molecular weight is 242 g/mol. The Morgan fingerprint density at radius 3 is 2.76 bits per heavy atom. The van der Waals surface area contributed by atoms with Gasteiger partial charge >= 0.3 is 0 Å². The third kappa shape index (κ3) is 3.69. The minimum atomic E-state index is -1.40. The summed E-state index contributed by atoms with van der Waals surface area (Å²) in [5, 5.41) is 20.7. The highest BCUT2D eigenvalue weighted by molar-refractivity contribution is 5.99. The predicted octanol–water partition coefficient (Wildman–Crippen LogP) is -0.119. The highest BCUT2D eigenvalue weighted by Crippen LogP contribution is 2.13. The molecule has 0 saturated heterocycles. The predicted molar refractivity (Wildman–Crippen MR) is 60.9 cm³/mol. The van der Waals surface area contributed by atoms with E-state index in [4.69, 9.17) is 10.8 Å². The second-order valence-corrected chi connectivity index (χ2v) is 4.07. The van der Waals surface area contributed by atoms with Gasteiger partial charge in [0, 0.05) is 12.2 Å². The smallest absolute Gasteiger partial charge is 0.253 e. The van der Waals surface area contributed by atoms with Gasteiger partial charge in [0.2, 0.25) is 0 Å². The van der Waals surface area contributed by atoms with E-state index in [1.807, 2.05) is 0 Å². The van der Waals surface area contributed by atoms with Crippen molar-refractivity contribution in [2.24, 2.45) is 0 Å². The molecule has 94 valence electrons. The van der Waals surface area contributed by atoms with Crippen molar-refractivity contribution in [1.29, 1.82) is 0 Å². The van der Waals surface area contributed by atoms with E-state index < -0.39 is 23.9 Å². The third-order valence-corrected chi connectivity index (χ3v) is 2.23.